The second-order valence-electron chi connectivity index (χ2n) is 2.49. The van der Waals surface area contributed by atoms with Gasteiger partial charge in [0.15, 0.2) is 5.78 Å². The first-order chi connectivity index (χ1) is 6.91. The summed E-state index contributed by atoms with van der Waals surface area (Å²) in [6.07, 6.45) is -3.75. The largest absolute Gasteiger partial charge is 0.417 e. The highest BCUT2D eigenvalue weighted by atomic mass is 19.4. The number of carbonyl (C=O) groups excluding carboxylic acids is 1. The van der Waals surface area contributed by atoms with Crippen molar-refractivity contribution in [2.45, 2.75) is 26.9 Å². The summed E-state index contributed by atoms with van der Waals surface area (Å²) in [5.74, 6) is -0.353. The lowest BCUT2D eigenvalue weighted by molar-refractivity contribution is -0.137. The molecule has 84 valence electrons. The lowest BCUT2D eigenvalue weighted by atomic mass is 10.2. The molecular formula is C10H12F3NO. The Morgan fingerprint density at radius 1 is 1.27 bits per heavy atom. The van der Waals surface area contributed by atoms with Crippen molar-refractivity contribution in [3.05, 3.63) is 29.6 Å². The Morgan fingerprint density at radius 2 is 1.80 bits per heavy atom. The van der Waals surface area contributed by atoms with Gasteiger partial charge in [-0.25, -0.2) is 0 Å². The molecule has 0 aliphatic rings. The maximum atomic E-state index is 12.0. The Hall–Kier alpha value is -1.39. The molecule has 0 atom stereocenters. The van der Waals surface area contributed by atoms with Crippen LogP contribution in [0.5, 0.6) is 0 Å². The molecule has 0 aliphatic carbocycles. The molecule has 0 amide bonds. The number of halogens is 3. The number of pyridine rings is 1. The van der Waals surface area contributed by atoms with E-state index >= 15 is 0 Å². The van der Waals surface area contributed by atoms with Gasteiger partial charge in [-0.3, -0.25) is 9.78 Å². The molecule has 1 aromatic heterocycles. The highest BCUT2D eigenvalue weighted by Gasteiger charge is 2.30. The molecule has 0 spiro atoms. The predicted molar refractivity (Wildman–Crippen MR) is 50.6 cm³/mol. The molecule has 0 aliphatic heterocycles. The van der Waals surface area contributed by atoms with Crippen LogP contribution in [0.1, 0.15) is 36.8 Å². The predicted octanol–water partition coefficient (Wildman–Crippen LogP) is 3.33. The van der Waals surface area contributed by atoms with Crippen LogP contribution in [0.25, 0.3) is 0 Å². The van der Waals surface area contributed by atoms with Crippen LogP contribution in [0.15, 0.2) is 18.3 Å². The average Bonchev–Trinajstić information content (AvgIpc) is 2.20. The van der Waals surface area contributed by atoms with Gasteiger partial charge in [0.1, 0.15) is 5.69 Å². The molecule has 5 heteroatoms. The van der Waals surface area contributed by atoms with E-state index in [-0.39, 0.29) is 11.5 Å². The van der Waals surface area contributed by atoms with Gasteiger partial charge in [-0.1, -0.05) is 13.8 Å². The number of nitrogens with zero attached hydrogens (tertiary/aromatic N) is 1. The van der Waals surface area contributed by atoms with E-state index in [4.69, 9.17) is 0 Å². The molecule has 0 N–H and O–H groups in total. The summed E-state index contributed by atoms with van der Waals surface area (Å²) in [6, 6.07) is 1.90. The first-order valence-electron chi connectivity index (χ1n) is 4.45. The van der Waals surface area contributed by atoms with E-state index in [0.29, 0.717) is 6.20 Å². The molecule has 0 unspecified atom stereocenters. The summed E-state index contributed by atoms with van der Waals surface area (Å²) < 4.78 is 36.0. The zero-order valence-corrected chi connectivity index (χ0v) is 8.72. The number of aromatic nitrogens is 1. The van der Waals surface area contributed by atoms with Gasteiger partial charge in [-0.2, -0.15) is 13.2 Å². The molecule has 0 aromatic carbocycles. The van der Waals surface area contributed by atoms with Gasteiger partial charge in [0, 0.05) is 13.1 Å². The molecule has 0 fully saturated rings. The minimum Gasteiger partial charge on any atom is -0.293 e. The zero-order chi connectivity index (χ0) is 12.1. The van der Waals surface area contributed by atoms with Crippen LogP contribution >= 0.6 is 0 Å². The average molecular weight is 219 g/mol. The van der Waals surface area contributed by atoms with Crippen molar-refractivity contribution < 1.29 is 18.0 Å². The first kappa shape index (κ1) is 13.6. The fourth-order valence-electron chi connectivity index (χ4n) is 0.770. The molecule has 15 heavy (non-hydrogen) atoms. The molecule has 0 radical (unpaired) electrons. The van der Waals surface area contributed by atoms with Gasteiger partial charge in [-0.05, 0) is 12.1 Å². The third-order valence-electron chi connectivity index (χ3n) is 1.45. The number of alkyl halides is 3. The van der Waals surface area contributed by atoms with Gasteiger partial charge in [0.05, 0.1) is 5.56 Å². The summed E-state index contributed by atoms with van der Waals surface area (Å²) in [5, 5.41) is 0. The Balaban J connectivity index is 0.000000921. The molecule has 2 nitrogen and oxygen atoms in total. The molecular weight excluding hydrogens is 207 g/mol. The van der Waals surface area contributed by atoms with E-state index in [9.17, 15) is 18.0 Å². The summed E-state index contributed by atoms with van der Waals surface area (Å²) in [5.41, 5.74) is -0.814. The van der Waals surface area contributed by atoms with Crippen molar-refractivity contribution in [2.24, 2.45) is 0 Å². The molecule has 0 saturated carbocycles. The fraction of sp³-hybridized carbons (Fsp3) is 0.400. The lowest BCUT2D eigenvalue weighted by Crippen LogP contribution is -2.06. The fourth-order valence-corrected chi connectivity index (χ4v) is 0.770. The van der Waals surface area contributed by atoms with Crippen molar-refractivity contribution in [3.63, 3.8) is 0 Å². The third-order valence-corrected chi connectivity index (χ3v) is 1.45. The number of Topliss-reactive ketones (excluding diaryl/α,β-unsaturated/α-hetero) is 1. The summed E-state index contributed by atoms with van der Waals surface area (Å²) >= 11 is 0. The van der Waals surface area contributed by atoms with Crippen LogP contribution in [-0.2, 0) is 6.18 Å². The summed E-state index contributed by atoms with van der Waals surface area (Å²) in [4.78, 5) is 14.0. The Labute approximate surface area is 86.1 Å². The van der Waals surface area contributed by atoms with E-state index < -0.39 is 11.7 Å². The van der Waals surface area contributed by atoms with Gasteiger partial charge in [-0.15, -0.1) is 0 Å². The van der Waals surface area contributed by atoms with E-state index in [1.54, 1.807) is 0 Å². The van der Waals surface area contributed by atoms with Crippen LogP contribution in [-0.4, -0.2) is 10.8 Å². The van der Waals surface area contributed by atoms with E-state index in [1.807, 2.05) is 13.8 Å². The Kier molecular flexibility index (Phi) is 4.97. The number of ketones is 1. The van der Waals surface area contributed by atoms with E-state index in [1.165, 1.54) is 6.92 Å². The van der Waals surface area contributed by atoms with Crippen molar-refractivity contribution in [2.75, 3.05) is 0 Å². The Morgan fingerprint density at radius 3 is 2.07 bits per heavy atom. The standard InChI is InChI=1S/C8H6F3NO.C2H6/c1-5(13)7-3-2-6(4-12-7)8(9,10)11;1-2/h2-4H,1H3;1-2H3. The molecule has 1 heterocycles. The summed E-state index contributed by atoms with van der Waals surface area (Å²) in [7, 11) is 0. The van der Waals surface area contributed by atoms with Crippen molar-refractivity contribution in [3.8, 4) is 0 Å². The summed E-state index contributed by atoms with van der Waals surface area (Å²) in [6.45, 7) is 5.25. The molecule has 0 saturated heterocycles. The topological polar surface area (TPSA) is 30.0 Å². The van der Waals surface area contributed by atoms with E-state index in [0.717, 1.165) is 12.1 Å². The lowest BCUT2D eigenvalue weighted by Gasteiger charge is -2.05. The Bertz CT molecular complexity index is 316. The highest BCUT2D eigenvalue weighted by Crippen LogP contribution is 2.28. The molecule has 1 rings (SSSR count). The van der Waals surface area contributed by atoms with Crippen LogP contribution < -0.4 is 0 Å². The number of carbonyl (C=O) groups is 1. The SMILES string of the molecule is CC.CC(=O)c1ccc(C(F)(F)F)cn1. The normalized spacial score (nSPS) is 10.3. The second-order valence-corrected chi connectivity index (χ2v) is 2.49. The smallest absolute Gasteiger partial charge is 0.293 e. The van der Waals surface area contributed by atoms with Crippen LogP contribution in [0.3, 0.4) is 0 Å². The maximum absolute atomic E-state index is 12.0. The minimum atomic E-state index is -4.40. The minimum absolute atomic E-state index is 0.0352. The van der Waals surface area contributed by atoms with Gasteiger partial charge in [0.2, 0.25) is 0 Å². The third kappa shape index (κ3) is 4.10. The van der Waals surface area contributed by atoms with E-state index in [2.05, 4.69) is 4.98 Å². The molecule has 1 aromatic rings. The number of hydrogen-bond donors (Lipinski definition) is 0. The first-order valence-corrected chi connectivity index (χ1v) is 4.45. The van der Waals surface area contributed by atoms with Crippen LogP contribution in [0.4, 0.5) is 13.2 Å². The van der Waals surface area contributed by atoms with Gasteiger partial charge in [0.25, 0.3) is 0 Å². The maximum Gasteiger partial charge on any atom is 0.417 e. The zero-order valence-electron chi connectivity index (χ0n) is 8.72. The quantitative estimate of drug-likeness (QED) is 0.678. The molecule has 0 bridgehead atoms. The highest BCUT2D eigenvalue weighted by molar-refractivity contribution is 5.91. The monoisotopic (exact) mass is 219 g/mol. The van der Waals surface area contributed by atoms with Gasteiger partial charge >= 0.3 is 6.18 Å². The van der Waals surface area contributed by atoms with Gasteiger partial charge < -0.3 is 0 Å². The number of rotatable bonds is 1. The van der Waals surface area contributed by atoms with Crippen molar-refractivity contribution in [1.82, 2.24) is 4.98 Å². The van der Waals surface area contributed by atoms with Crippen LogP contribution in [0, 0.1) is 0 Å². The van der Waals surface area contributed by atoms with Crippen molar-refractivity contribution >= 4 is 5.78 Å². The van der Waals surface area contributed by atoms with Crippen LogP contribution in [0.2, 0.25) is 0 Å². The second kappa shape index (κ2) is 5.48. The number of hydrogen-bond acceptors (Lipinski definition) is 2. The van der Waals surface area contributed by atoms with Crippen molar-refractivity contribution in [1.29, 1.82) is 0 Å².